The van der Waals surface area contributed by atoms with Gasteiger partial charge in [-0.2, -0.15) is 0 Å². The molecule has 0 atom stereocenters. The molecule has 0 radical (unpaired) electrons. The summed E-state index contributed by atoms with van der Waals surface area (Å²) in [6.45, 7) is 0. The van der Waals surface area contributed by atoms with Gasteiger partial charge < -0.3 is 5.73 Å². The molecule has 0 saturated heterocycles. The number of nitrogen functional groups attached to an aromatic ring is 1. The van der Waals surface area contributed by atoms with Gasteiger partial charge in [-0.25, -0.2) is 0 Å². The predicted molar refractivity (Wildman–Crippen MR) is 52.3 cm³/mol. The van der Waals surface area contributed by atoms with Crippen LogP contribution in [0, 0.1) is 0 Å². The molecule has 3 nitrogen and oxygen atoms in total. The van der Waals surface area contributed by atoms with E-state index in [4.69, 9.17) is 17.3 Å². The minimum atomic E-state index is 0.672. The minimum absolute atomic E-state index is 0.672. The molecule has 0 saturated carbocycles. The average Bonchev–Trinajstić information content (AvgIpc) is 2.02. The van der Waals surface area contributed by atoms with Gasteiger partial charge in [0.15, 0.2) is 7.05 Å². The van der Waals surface area contributed by atoms with E-state index in [0.29, 0.717) is 10.7 Å². The molecule has 4 heteroatoms. The predicted octanol–water partition coefficient (Wildman–Crippen LogP) is 1.29. The van der Waals surface area contributed by atoms with Gasteiger partial charge in [0.25, 0.3) is 0 Å². The Kier molecular flexibility index (Phi) is 1.81. The van der Waals surface area contributed by atoms with E-state index in [2.05, 4.69) is 5.10 Å². The highest BCUT2D eigenvalue weighted by Gasteiger charge is 2.06. The largest absolute Gasteiger partial charge is 0.393 e. The number of anilines is 1. The van der Waals surface area contributed by atoms with Crippen LogP contribution < -0.4 is 10.4 Å². The molecule has 1 aromatic heterocycles. The summed E-state index contributed by atoms with van der Waals surface area (Å²) in [5.41, 5.74) is 7.33. The number of aryl methyl sites for hydroxylation is 1. The van der Waals surface area contributed by atoms with Crippen molar-refractivity contribution in [1.29, 1.82) is 0 Å². The summed E-state index contributed by atoms with van der Waals surface area (Å²) in [5.74, 6) is 0. The molecule has 1 heterocycles. The molecule has 0 aliphatic heterocycles. The summed E-state index contributed by atoms with van der Waals surface area (Å²) in [6, 6.07) is 5.48. The van der Waals surface area contributed by atoms with Gasteiger partial charge in [-0.15, -0.1) is 0 Å². The van der Waals surface area contributed by atoms with Crippen LogP contribution in [0.15, 0.2) is 24.4 Å². The molecular formula is C9H9ClN3+. The second-order valence-corrected chi connectivity index (χ2v) is 3.36. The van der Waals surface area contributed by atoms with Crippen LogP contribution in [-0.4, -0.2) is 5.10 Å². The molecule has 0 aliphatic carbocycles. The number of halogens is 1. The number of hydrogen-bond donors (Lipinski definition) is 1. The smallest absolute Gasteiger partial charge is 0.219 e. The van der Waals surface area contributed by atoms with E-state index in [1.807, 2.05) is 19.2 Å². The number of fused-ring (bicyclic) bond motifs is 1. The number of nitrogens with zero attached hydrogens (tertiary/aromatic N) is 2. The van der Waals surface area contributed by atoms with E-state index in [1.54, 1.807) is 16.9 Å². The monoisotopic (exact) mass is 194 g/mol. The third-order valence-corrected chi connectivity index (χ3v) is 2.10. The number of benzene rings is 1. The summed E-state index contributed by atoms with van der Waals surface area (Å²) >= 11 is 5.83. The highest BCUT2D eigenvalue weighted by molar-refractivity contribution is 6.31. The first-order chi connectivity index (χ1) is 6.16. The first-order valence-electron chi connectivity index (χ1n) is 3.88. The van der Waals surface area contributed by atoms with Crippen LogP contribution in [0.4, 0.5) is 5.69 Å². The van der Waals surface area contributed by atoms with Gasteiger partial charge in [-0.1, -0.05) is 16.3 Å². The van der Waals surface area contributed by atoms with E-state index in [0.717, 1.165) is 10.9 Å². The Morgan fingerprint density at radius 3 is 3.00 bits per heavy atom. The Morgan fingerprint density at radius 1 is 1.46 bits per heavy atom. The van der Waals surface area contributed by atoms with Crippen LogP contribution in [-0.2, 0) is 7.05 Å². The molecule has 2 N–H and O–H groups in total. The molecule has 1 aromatic carbocycles. The van der Waals surface area contributed by atoms with Gasteiger partial charge >= 0.3 is 0 Å². The SMILES string of the molecule is C[n+]1cc(N)c2ccc(Cl)cc2n1. The van der Waals surface area contributed by atoms with Crippen molar-refractivity contribution < 1.29 is 4.68 Å². The maximum atomic E-state index is 5.83. The van der Waals surface area contributed by atoms with Crippen LogP contribution in [0.3, 0.4) is 0 Å². The fraction of sp³-hybridized carbons (Fsp3) is 0.111. The lowest BCUT2D eigenvalue weighted by molar-refractivity contribution is -0.727. The number of hydrogen-bond acceptors (Lipinski definition) is 2. The first kappa shape index (κ1) is 8.26. The van der Waals surface area contributed by atoms with Crippen LogP contribution in [0.2, 0.25) is 5.02 Å². The van der Waals surface area contributed by atoms with E-state index in [9.17, 15) is 0 Å². The van der Waals surface area contributed by atoms with Crippen molar-refractivity contribution in [3.8, 4) is 0 Å². The van der Waals surface area contributed by atoms with Crippen molar-refractivity contribution in [1.82, 2.24) is 5.10 Å². The van der Waals surface area contributed by atoms with E-state index in [1.165, 1.54) is 0 Å². The molecule has 2 aromatic rings. The molecule has 0 unspecified atom stereocenters. The lowest BCUT2D eigenvalue weighted by Gasteiger charge is -1.97. The third kappa shape index (κ3) is 1.42. The average molecular weight is 195 g/mol. The Hall–Kier alpha value is -1.35. The molecular weight excluding hydrogens is 186 g/mol. The molecule has 2 rings (SSSR count). The standard InChI is InChI=1S/C9H9ClN3/c1-13-5-8(11)7-3-2-6(10)4-9(7)12-13/h2-5H,1H3,(H2,11,12)/q+1. The van der Waals surface area contributed by atoms with Crippen molar-refractivity contribution in [2.24, 2.45) is 7.05 Å². The van der Waals surface area contributed by atoms with Crippen LogP contribution in [0.1, 0.15) is 0 Å². The first-order valence-corrected chi connectivity index (χ1v) is 4.26. The Bertz CT molecular complexity index is 462. The summed E-state index contributed by atoms with van der Waals surface area (Å²) in [7, 11) is 1.83. The molecule has 0 amide bonds. The lowest BCUT2D eigenvalue weighted by Crippen LogP contribution is -2.32. The van der Waals surface area contributed by atoms with Crippen LogP contribution in [0.5, 0.6) is 0 Å². The minimum Gasteiger partial charge on any atom is -0.393 e. The highest BCUT2D eigenvalue weighted by Crippen LogP contribution is 2.20. The topological polar surface area (TPSA) is 42.8 Å². The quantitative estimate of drug-likeness (QED) is 0.643. The van der Waals surface area contributed by atoms with E-state index in [-0.39, 0.29) is 0 Å². The number of rotatable bonds is 0. The summed E-state index contributed by atoms with van der Waals surface area (Å²) in [4.78, 5) is 0. The zero-order valence-electron chi connectivity index (χ0n) is 7.16. The Morgan fingerprint density at radius 2 is 2.23 bits per heavy atom. The van der Waals surface area contributed by atoms with Gasteiger partial charge in [0, 0.05) is 15.5 Å². The van der Waals surface area contributed by atoms with Crippen LogP contribution in [0.25, 0.3) is 10.9 Å². The van der Waals surface area contributed by atoms with Gasteiger partial charge in [0.2, 0.25) is 6.20 Å². The maximum Gasteiger partial charge on any atom is 0.219 e. The van der Waals surface area contributed by atoms with Gasteiger partial charge in [-0.3, -0.25) is 0 Å². The highest BCUT2D eigenvalue weighted by atomic mass is 35.5. The third-order valence-electron chi connectivity index (χ3n) is 1.86. The lowest BCUT2D eigenvalue weighted by atomic mass is 10.2. The second kappa shape index (κ2) is 2.85. The number of nitrogens with two attached hydrogens (primary N) is 1. The van der Waals surface area contributed by atoms with Crippen molar-refractivity contribution in [2.45, 2.75) is 0 Å². The second-order valence-electron chi connectivity index (χ2n) is 2.92. The van der Waals surface area contributed by atoms with Crippen LogP contribution >= 0.6 is 11.6 Å². The maximum absolute atomic E-state index is 5.83. The molecule has 0 aliphatic rings. The molecule has 66 valence electrons. The van der Waals surface area contributed by atoms with Gasteiger partial charge in [0.1, 0.15) is 11.2 Å². The molecule has 0 bridgehead atoms. The zero-order valence-corrected chi connectivity index (χ0v) is 7.92. The molecule has 13 heavy (non-hydrogen) atoms. The van der Waals surface area contributed by atoms with Crippen molar-refractivity contribution in [2.75, 3.05) is 5.73 Å². The summed E-state index contributed by atoms with van der Waals surface area (Å²) in [5, 5.41) is 5.85. The summed E-state index contributed by atoms with van der Waals surface area (Å²) in [6.07, 6.45) is 1.77. The van der Waals surface area contributed by atoms with E-state index >= 15 is 0 Å². The summed E-state index contributed by atoms with van der Waals surface area (Å²) < 4.78 is 1.67. The Balaban J connectivity index is 2.86. The fourth-order valence-corrected chi connectivity index (χ4v) is 1.47. The van der Waals surface area contributed by atoms with Gasteiger partial charge in [-0.05, 0) is 18.2 Å². The molecule has 0 spiro atoms. The van der Waals surface area contributed by atoms with Crippen molar-refractivity contribution in [3.63, 3.8) is 0 Å². The fourth-order valence-electron chi connectivity index (χ4n) is 1.30. The van der Waals surface area contributed by atoms with E-state index < -0.39 is 0 Å². The molecule has 0 fully saturated rings. The number of aromatic nitrogens is 2. The normalized spacial score (nSPS) is 10.6. The van der Waals surface area contributed by atoms with Gasteiger partial charge in [0.05, 0.1) is 0 Å². The van der Waals surface area contributed by atoms with Crippen molar-refractivity contribution in [3.05, 3.63) is 29.4 Å². The van der Waals surface area contributed by atoms with Crippen molar-refractivity contribution >= 4 is 28.2 Å². The Labute approximate surface area is 80.7 Å². The zero-order chi connectivity index (χ0) is 9.42.